The van der Waals surface area contributed by atoms with E-state index in [0.717, 1.165) is 32.0 Å². The highest BCUT2D eigenvalue weighted by atomic mass is 15.3. The molecule has 2 heterocycles. The Balaban J connectivity index is 0.000000741. The highest BCUT2D eigenvalue weighted by Crippen LogP contribution is 2.17. The van der Waals surface area contributed by atoms with Gasteiger partial charge in [-0.2, -0.15) is 5.26 Å². The van der Waals surface area contributed by atoms with Gasteiger partial charge in [0.1, 0.15) is 11.9 Å². The topological polar surface area (TPSA) is 43.2 Å². The van der Waals surface area contributed by atoms with E-state index in [9.17, 15) is 0 Å². The lowest BCUT2D eigenvalue weighted by Gasteiger charge is -2.33. The summed E-state index contributed by atoms with van der Waals surface area (Å²) in [6, 6.07) is 5.81. The molecule has 0 amide bonds. The molecule has 1 fully saturated rings. The zero-order valence-electron chi connectivity index (χ0n) is 12.8. The van der Waals surface area contributed by atoms with E-state index in [1.165, 1.54) is 0 Å². The molecule has 0 aromatic carbocycles. The van der Waals surface area contributed by atoms with Crippen LogP contribution < -0.4 is 4.90 Å². The summed E-state index contributed by atoms with van der Waals surface area (Å²) in [5.74, 6) is 0.827. The van der Waals surface area contributed by atoms with Gasteiger partial charge in [-0.05, 0) is 19.2 Å². The number of likely N-dealkylation sites (N-methyl/N-ethyl adjacent to an activating group) is 1. The van der Waals surface area contributed by atoms with Gasteiger partial charge in [0.2, 0.25) is 0 Å². The Bertz CT molecular complexity index is 376. The molecule has 0 spiro atoms. The Morgan fingerprint density at radius 3 is 2.21 bits per heavy atom. The van der Waals surface area contributed by atoms with Crippen LogP contribution in [0.2, 0.25) is 0 Å². The Hall–Kier alpha value is -1.60. The van der Waals surface area contributed by atoms with Crippen molar-refractivity contribution in [1.29, 1.82) is 5.26 Å². The SMILES string of the molecule is CC.CC.CN1CCN(c2ncccc2C#N)CC1. The quantitative estimate of drug-likeness (QED) is 0.780. The second-order valence-corrected chi connectivity index (χ2v) is 3.78. The highest BCUT2D eigenvalue weighted by molar-refractivity contribution is 5.53. The van der Waals surface area contributed by atoms with Crippen LogP contribution in [0.4, 0.5) is 5.82 Å². The molecule has 4 nitrogen and oxygen atoms in total. The molecule has 19 heavy (non-hydrogen) atoms. The van der Waals surface area contributed by atoms with Crippen LogP contribution in [0.25, 0.3) is 0 Å². The minimum Gasteiger partial charge on any atom is -0.353 e. The van der Waals surface area contributed by atoms with E-state index >= 15 is 0 Å². The fourth-order valence-electron chi connectivity index (χ4n) is 1.75. The fraction of sp³-hybridized carbons (Fsp3) is 0.600. The van der Waals surface area contributed by atoms with Gasteiger partial charge in [0, 0.05) is 32.4 Å². The molecule has 0 radical (unpaired) electrons. The lowest BCUT2D eigenvalue weighted by Crippen LogP contribution is -2.45. The molecule has 2 rings (SSSR count). The second kappa shape index (κ2) is 10.3. The van der Waals surface area contributed by atoms with Gasteiger partial charge in [-0.3, -0.25) is 0 Å². The van der Waals surface area contributed by atoms with Crippen molar-refractivity contribution >= 4 is 5.82 Å². The van der Waals surface area contributed by atoms with E-state index in [0.29, 0.717) is 5.56 Å². The molecule has 0 N–H and O–H groups in total. The first-order valence-corrected chi connectivity index (χ1v) is 7.10. The van der Waals surface area contributed by atoms with E-state index in [4.69, 9.17) is 5.26 Å². The van der Waals surface area contributed by atoms with Gasteiger partial charge in [0.05, 0.1) is 5.56 Å². The number of hydrogen-bond donors (Lipinski definition) is 0. The Kier molecular flexibility index (Phi) is 9.46. The molecular weight excluding hydrogens is 236 g/mol. The molecule has 106 valence electrons. The lowest BCUT2D eigenvalue weighted by molar-refractivity contribution is 0.312. The smallest absolute Gasteiger partial charge is 0.146 e. The van der Waals surface area contributed by atoms with Gasteiger partial charge in [0.15, 0.2) is 0 Å². The minimum absolute atomic E-state index is 0.669. The number of pyridine rings is 1. The number of aromatic nitrogens is 1. The molecule has 4 heteroatoms. The molecule has 0 unspecified atom stereocenters. The van der Waals surface area contributed by atoms with Crippen LogP contribution in [0, 0.1) is 11.3 Å². The van der Waals surface area contributed by atoms with Gasteiger partial charge >= 0.3 is 0 Å². The second-order valence-electron chi connectivity index (χ2n) is 3.78. The molecule has 0 aliphatic carbocycles. The number of nitrogens with zero attached hydrogens (tertiary/aromatic N) is 4. The predicted molar refractivity (Wildman–Crippen MR) is 81.4 cm³/mol. The maximum absolute atomic E-state index is 8.97. The summed E-state index contributed by atoms with van der Waals surface area (Å²) in [5.41, 5.74) is 0.669. The maximum Gasteiger partial charge on any atom is 0.146 e. The van der Waals surface area contributed by atoms with E-state index in [2.05, 4.69) is 27.9 Å². The average molecular weight is 262 g/mol. The maximum atomic E-state index is 8.97. The van der Waals surface area contributed by atoms with Gasteiger partial charge < -0.3 is 9.80 Å². The Morgan fingerprint density at radius 2 is 1.68 bits per heavy atom. The van der Waals surface area contributed by atoms with Crippen LogP contribution in [0.1, 0.15) is 33.3 Å². The minimum atomic E-state index is 0.669. The van der Waals surface area contributed by atoms with Crippen molar-refractivity contribution in [1.82, 2.24) is 9.88 Å². The highest BCUT2D eigenvalue weighted by Gasteiger charge is 2.17. The van der Waals surface area contributed by atoms with Crippen molar-refractivity contribution < 1.29 is 0 Å². The van der Waals surface area contributed by atoms with Crippen molar-refractivity contribution in [2.75, 3.05) is 38.1 Å². The molecule has 0 bridgehead atoms. The molecule has 1 aromatic rings. The van der Waals surface area contributed by atoms with Crippen molar-refractivity contribution in [2.45, 2.75) is 27.7 Å². The van der Waals surface area contributed by atoms with Crippen LogP contribution in [-0.4, -0.2) is 43.1 Å². The number of rotatable bonds is 1. The van der Waals surface area contributed by atoms with Crippen LogP contribution in [0.5, 0.6) is 0 Å². The zero-order chi connectivity index (χ0) is 14.7. The number of piperazine rings is 1. The first-order valence-electron chi connectivity index (χ1n) is 7.10. The number of hydrogen-bond acceptors (Lipinski definition) is 4. The summed E-state index contributed by atoms with van der Waals surface area (Å²) in [6.07, 6.45) is 1.74. The third-order valence-corrected chi connectivity index (χ3v) is 2.71. The first-order chi connectivity index (χ1) is 9.31. The van der Waals surface area contributed by atoms with Crippen LogP contribution in [0.3, 0.4) is 0 Å². The molecule has 1 aliphatic rings. The summed E-state index contributed by atoms with van der Waals surface area (Å²) in [4.78, 5) is 8.75. The van der Waals surface area contributed by atoms with E-state index in [1.807, 2.05) is 33.8 Å². The predicted octanol–water partition coefficient (Wildman–Crippen LogP) is 2.76. The average Bonchev–Trinajstić information content (AvgIpc) is 2.52. The normalized spacial score (nSPS) is 14.4. The molecule has 0 atom stereocenters. The monoisotopic (exact) mass is 262 g/mol. The summed E-state index contributed by atoms with van der Waals surface area (Å²) >= 11 is 0. The Labute approximate surface area is 117 Å². The zero-order valence-corrected chi connectivity index (χ0v) is 12.8. The molecule has 1 aromatic heterocycles. The summed E-state index contributed by atoms with van der Waals surface area (Å²) in [7, 11) is 2.11. The van der Waals surface area contributed by atoms with Crippen molar-refractivity contribution in [3.63, 3.8) is 0 Å². The summed E-state index contributed by atoms with van der Waals surface area (Å²) in [6.45, 7) is 12.0. The van der Waals surface area contributed by atoms with Crippen molar-refractivity contribution in [3.8, 4) is 6.07 Å². The van der Waals surface area contributed by atoms with Crippen molar-refractivity contribution in [2.24, 2.45) is 0 Å². The summed E-state index contributed by atoms with van der Waals surface area (Å²) in [5, 5.41) is 8.97. The van der Waals surface area contributed by atoms with E-state index in [-0.39, 0.29) is 0 Å². The van der Waals surface area contributed by atoms with E-state index in [1.54, 1.807) is 12.3 Å². The van der Waals surface area contributed by atoms with Gasteiger partial charge in [-0.1, -0.05) is 27.7 Å². The van der Waals surface area contributed by atoms with Gasteiger partial charge in [-0.25, -0.2) is 4.98 Å². The molecule has 1 saturated heterocycles. The largest absolute Gasteiger partial charge is 0.353 e. The van der Waals surface area contributed by atoms with Gasteiger partial charge in [-0.15, -0.1) is 0 Å². The molecular formula is C15H26N4. The fourth-order valence-corrected chi connectivity index (χ4v) is 1.75. The Morgan fingerprint density at radius 1 is 1.11 bits per heavy atom. The standard InChI is InChI=1S/C11H14N4.2C2H6/c1-14-5-7-15(8-6-14)11-10(9-12)3-2-4-13-11;2*1-2/h2-4H,5-8H2,1H3;2*1-2H3. The number of anilines is 1. The van der Waals surface area contributed by atoms with E-state index < -0.39 is 0 Å². The molecule has 1 aliphatic heterocycles. The van der Waals surface area contributed by atoms with Crippen LogP contribution >= 0.6 is 0 Å². The molecule has 0 saturated carbocycles. The lowest BCUT2D eigenvalue weighted by atomic mass is 10.2. The summed E-state index contributed by atoms with van der Waals surface area (Å²) < 4.78 is 0. The van der Waals surface area contributed by atoms with Gasteiger partial charge in [0.25, 0.3) is 0 Å². The number of nitriles is 1. The first kappa shape index (κ1) is 17.4. The van der Waals surface area contributed by atoms with Crippen LogP contribution in [-0.2, 0) is 0 Å². The van der Waals surface area contributed by atoms with Crippen molar-refractivity contribution in [3.05, 3.63) is 23.9 Å². The third kappa shape index (κ3) is 5.27. The third-order valence-electron chi connectivity index (χ3n) is 2.71. The van der Waals surface area contributed by atoms with Crippen LogP contribution in [0.15, 0.2) is 18.3 Å².